The third-order valence-electron chi connectivity index (χ3n) is 3.01. The van der Waals surface area contributed by atoms with E-state index in [1.807, 2.05) is 37.6 Å². The zero-order valence-electron chi connectivity index (χ0n) is 11.9. The highest BCUT2D eigenvalue weighted by atomic mass is 35.5. The summed E-state index contributed by atoms with van der Waals surface area (Å²) in [5, 5.41) is 8.09. The number of hydrogen-bond donors (Lipinski definition) is 1. The van der Waals surface area contributed by atoms with Crippen LogP contribution in [0.4, 0.5) is 0 Å². The number of halogens is 1. The van der Waals surface area contributed by atoms with Gasteiger partial charge < -0.3 is 10.1 Å². The minimum Gasteiger partial charge on any atom is -0.491 e. The highest BCUT2D eigenvalue weighted by molar-refractivity contribution is 6.32. The Morgan fingerprint density at radius 2 is 2.25 bits per heavy atom. The van der Waals surface area contributed by atoms with Gasteiger partial charge in [-0.15, -0.1) is 0 Å². The van der Waals surface area contributed by atoms with Gasteiger partial charge in [0.1, 0.15) is 5.75 Å². The summed E-state index contributed by atoms with van der Waals surface area (Å²) < 4.78 is 7.66. The highest BCUT2D eigenvalue weighted by Crippen LogP contribution is 2.28. The molecule has 2 aromatic rings. The molecule has 0 fully saturated rings. The van der Waals surface area contributed by atoms with E-state index in [4.69, 9.17) is 16.3 Å². The summed E-state index contributed by atoms with van der Waals surface area (Å²) in [6.07, 6.45) is 4.67. The molecule has 0 radical (unpaired) electrons. The molecule has 108 valence electrons. The smallest absolute Gasteiger partial charge is 0.142 e. The van der Waals surface area contributed by atoms with Crippen LogP contribution in [0.15, 0.2) is 30.6 Å². The van der Waals surface area contributed by atoms with Gasteiger partial charge in [0.2, 0.25) is 0 Å². The van der Waals surface area contributed by atoms with Crippen molar-refractivity contribution in [3.8, 4) is 5.75 Å². The molecule has 1 heterocycles. The van der Waals surface area contributed by atoms with E-state index >= 15 is 0 Å². The average Bonchev–Trinajstić information content (AvgIpc) is 2.84. The van der Waals surface area contributed by atoms with Gasteiger partial charge in [0.15, 0.2) is 0 Å². The van der Waals surface area contributed by atoms with Gasteiger partial charge in [-0.25, -0.2) is 0 Å². The molecule has 0 saturated carbocycles. The Bertz CT molecular complexity index is 554. The molecule has 1 aromatic heterocycles. The number of nitrogens with one attached hydrogen (secondary N) is 1. The predicted molar refractivity (Wildman–Crippen MR) is 81.2 cm³/mol. The molecule has 1 aromatic carbocycles. The standard InChI is InChI=1S/C15H20ClN3O/c1-3-17-10-13-5-4-6-14(16)15(13)20-8-7-12-9-18-19(2)11-12/h4-6,9,11,17H,3,7-8,10H2,1-2H3. The molecule has 0 aliphatic carbocycles. The number of aryl methyl sites for hydroxylation is 1. The van der Waals surface area contributed by atoms with Crippen molar-refractivity contribution in [3.63, 3.8) is 0 Å². The lowest BCUT2D eigenvalue weighted by Gasteiger charge is -2.13. The molecule has 0 aliphatic heterocycles. The van der Waals surface area contributed by atoms with Crippen LogP contribution in [-0.4, -0.2) is 22.9 Å². The highest BCUT2D eigenvalue weighted by Gasteiger charge is 2.08. The fourth-order valence-electron chi connectivity index (χ4n) is 1.99. The van der Waals surface area contributed by atoms with Gasteiger partial charge in [0.05, 0.1) is 17.8 Å². The maximum atomic E-state index is 6.22. The van der Waals surface area contributed by atoms with E-state index in [1.165, 1.54) is 0 Å². The Balaban J connectivity index is 1.97. The van der Waals surface area contributed by atoms with Gasteiger partial charge in [-0.1, -0.05) is 30.7 Å². The second-order valence-corrected chi connectivity index (χ2v) is 5.04. The van der Waals surface area contributed by atoms with Crippen molar-refractivity contribution in [2.75, 3.05) is 13.2 Å². The third kappa shape index (κ3) is 3.99. The molecule has 5 heteroatoms. The molecule has 0 amide bonds. The molecular formula is C15H20ClN3O. The topological polar surface area (TPSA) is 39.1 Å². The second kappa shape index (κ2) is 7.31. The summed E-state index contributed by atoms with van der Waals surface area (Å²) in [7, 11) is 1.91. The van der Waals surface area contributed by atoms with Crippen LogP contribution in [-0.2, 0) is 20.0 Å². The maximum Gasteiger partial charge on any atom is 0.142 e. The van der Waals surface area contributed by atoms with E-state index < -0.39 is 0 Å². The van der Waals surface area contributed by atoms with Crippen molar-refractivity contribution in [2.24, 2.45) is 7.05 Å². The molecule has 0 bridgehead atoms. The summed E-state index contributed by atoms with van der Waals surface area (Å²) in [6, 6.07) is 5.84. The average molecular weight is 294 g/mol. The first-order valence-electron chi connectivity index (χ1n) is 6.79. The molecule has 0 unspecified atom stereocenters. The van der Waals surface area contributed by atoms with Gasteiger partial charge in [0, 0.05) is 31.8 Å². The van der Waals surface area contributed by atoms with E-state index in [-0.39, 0.29) is 0 Å². The lowest BCUT2D eigenvalue weighted by atomic mass is 10.2. The number of ether oxygens (including phenoxy) is 1. The third-order valence-corrected chi connectivity index (χ3v) is 3.31. The van der Waals surface area contributed by atoms with Crippen molar-refractivity contribution < 1.29 is 4.74 Å². The molecule has 4 nitrogen and oxygen atoms in total. The maximum absolute atomic E-state index is 6.22. The van der Waals surface area contributed by atoms with E-state index in [9.17, 15) is 0 Å². The van der Waals surface area contributed by atoms with Gasteiger partial charge in [-0.2, -0.15) is 5.10 Å². The Labute approximate surface area is 124 Å². The Morgan fingerprint density at radius 3 is 2.95 bits per heavy atom. The first-order chi connectivity index (χ1) is 9.70. The lowest BCUT2D eigenvalue weighted by Crippen LogP contribution is -2.13. The zero-order valence-corrected chi connectivity index (χ0v) is 12.7. The van der Waals surface area contributed by atoms with Crippen LogP contribution in [0.5, 0.6) is 5.75 Å². The summed E-state index contributed by atoms with van der Waals surface area (Å²) >= 11 is 6.22. The van der Waals surface area contributed by atoms with E-state index in [2.05, 4.69) is 17.3 Å². The molecule has 2 rings (SSSR count). The van der Waals surface area contributed by atoms with Gasteiger partial charge in [-0.05, 0) is 18.2 Å². The number of hydrogen-bond acceptors (Lipinski definition) is 3. The van der Waals surface area contributed by atoms with Crippen LogP contribution < -0.4 is 10.1 Å². The zero-order chi connectivity index (χ0) is 14.4. The summed E-state index contributed by atoms with van der Waals surface area (Å²) in [6.45, 7) is 4.35. The van der Waals surface area contributed by atoms with Crippen LogP contribution in [0.2, 0.25) is 5.02 Å². The molecule has 20 heavy (non-hydrogen) atoms. The van der Waals surface area contributed by atoms with Crippen LogP contribution in [0.25, 0.3) is 0 Å². The molecule has 0 saturated heterocycles. The SMILES string of the molecule is CCNCc1cccc(Cl)c1OCCc1cnn(C)c1. The van der Waals surface area contributed by atoms with Crippen molar-refractivity contribution in [1.29, 1.82) is 0 Å². The molecule has 0 spiro atoms. The Kier molecular flexibility index (Phi) is 5.44. The molecule has 0 aliphatic rings. The molecule has 0 atom stereocenters. The normalized spacial score (nSPS) is 10.8. The van der Waals surface area contributed by atoms with Crippen LogP contribution >= 0.6 is 11.6 Å². The number of para-hydroxylation sites is 1. The van der Waals surface area contributed by atoms with Gasteiger partial charge in [-0.3, -0.25) is 4.68 Å². The summed E-state index contributed by atoms with van der Waals surface area (Å²) in [5.41, 5.74) is 2.25. The van der Waals surface area contributed by atoms with Crippen molar-refractivity contribution in [2.45, 2.75) is 19.9 Å². The number of nitrogens with zero attached hydrogens (tertiary/aromatic N) is 2. The number of aromatic nitrogens is 2. The van der Waals surface area contributed by atoms with Crippen LogP contribution in [0.3, 0.4) is 0 Å². The molecule has 1 N–H and O–H groups in total. The summed E-state index contributed by atoms with van der Waals surface area (Å²) in [5.74, 6) is 0.777. The molecular weight excluding hydrogens is 274 g/mol. The van der Waals surface area contributed by atoms with Gasteiger partial charge >= 0.3 is 0 Å². The predicted octanol–water partition coefficient (Wildman–Crippen LogP) is 2.80. The fourth-order valence-corrected chi connectivity index (χ4v) is 2.23. The quantitative estimate of drug-likeness (QED) is 0.853. The minimum atomic E-state index is 0.592. The first kappa shape index (κ1) is 14.9. The van der Waals surface area contributed by atoms with E-state index in [0.717, 1.165) is 36.4 Å². The minimum absolute atomic E-state index is 0.592. The first-order valence-corrected chi connectivity index (χ1v) is 7.17. The monoisotopic (exact) mass is 293 g/mol. The second-order valence-electron chi connectivity index (χ2n) is 4.63. The Hall–Kier alpha value is -1.52. The van der Waals surface area contributed by atoms with Crippen molar-refractivity contribution >= 4 is 11.6 Å². The largest absolute Gasteiger partial charge is 0.491 e. The summed E-state index contributed by atoms with van der Waals surface area (Å²) in [4.78, 5) is 0. The van der Waals surface area contributed by atoms with E-state index in [1.54, 1.807) is 4.68 Å². The lowest BCUT2D eigenvalue weighted by molar-refractivity contribution is 0.318. The number of benzene rings is 1. The van der Waals surface area contributed by atoms with Crippen molar-refractivity contribution in [1.82, 2.24) is 15.1 Å². The van der Waals surface area contributed by atoms with Gasteiger partial charge in [0.25, 0.3) is 0 Å². The van der Waals surface area contributed by atoms with Crippen LogP contribution in [0, 0.1) is 0 Å². The Morgan fingerprint density at radius 1 is 1.40 bits per heavy atom. The number of rotatable bonds is 7. The van der Waals surface area contributed by atoms with E-state index in [0.29, 0.717) is 11.6 Å². The van der Waals surface area contributed by atoms with Crippen LogP contribution in [0.1, 0.15) is 18.1 Å². The fraction of sp³-hybridized carbons (Fsp3) is 0.400. The van der Waals surface area contributed by atoms with Crippen molar-refractivity contribution in [3.05, 3.63) is 46.7 Å².